The first-order valence-electron chi connectivity index (χ1n) is 8.58. The van der Waals surface area contributed by atoms with Crippen molar-refractivity contribution < 1.29 is 9.32 Å². The molecule has 25 heavy (non-hydrogen) atoms. The van der Waals surface area contributed by atoms with Gasteiger partial charge in [-0.15, -0.1) is 0 Å². The Morgan fingerprint density at radius 1 is 1.40 bits per heavy atom. The van der Waals surface area contributed by atoms with Gasteiger partial charge in [-0.3, -0.25) is 9.59 Å². The second kappa shape index (κ2) is 7.92. The number of aromatic nitrogens is 3. The molecule has 0 spiro atoms. The van der Waals surface area contributed by atoms with Gasteiger partial charge in [0, 0.05) is 12.7 Å². The minimum atomic E-state index is -0.323. The van der Waals surface area contributed by atoms with Crippen LogP contribution in [0.25, 0.3) is 11.5 Å². The number of hydrogen-bond donors (Lipinski definition) is 1. The Hall–Kier alpha value is -2.70. The van der Waals surface area contributed by atoms with Gasteiger partial charge in [0.2, 0.25) is 5.91 Å². The summed E-state index contributed by atoms with van der Waals surface area (Å²) in [5, 5.41) is 6.57. The predicted molar refractivity (Wildman–Crippen MR) is 92.9 cm³/mol. The molecule has 0 bridgehead atoms. The molecule has 0 saturated heterocycles. The summed E-state index contributed by atoms with van der Waals surface area (Å²) in [5.41, 5.74) is 1.39. The van der Waals surface area contributed by atoms with E-state index in [0.29, 0.717) is 17.9 Å². The molecule has 7 nitrogen and oxygen atoms in total. The molecule has 7 heteroatoms. The Kier molecular flexibility index (Phi) is 5.42. The van der Waals surface area contributed by atoms with E-state index < -0.39 is 0 Å². The molecule has 0 aromatic carbocycles. The molecule has 1 N–H and O–H groups in total. The minimum absolute atomic E-state index is 0.0289. The van der Waals surface area contributed by atoms with Gasteiger partial charge in [0.15, 0.2) is 5.82 Å². The fraction of sp³-hybridized carbons (Fsp3) is 0.444. The molecule has 1 amide bonds. The Bertz CT molecular complexity index is 835. The van der Waals surface area contributed by atoms with Gasteiger partial charge in [-0.05, 0) is 51.2 Å². The fourth-order valence-corrected chi connectivity index (χ4v) is 2.94. The molecular formula is C18H22N4O3. The van der Waals surface area contributed by atoms with Gasteiger partial charge in [0.1, 0.15) is 12.1 Å². The zero-order valence-electron chi connectivity index (χ0n) is 14.3. The molecule has 0 fully saturated rings. The number of nitrogens with zero attached hydrogens (tertiary/aromatic N) is 3. The lowest BCUT2D eigenvalue weighted by Crippen LogP contribution is -2.33. The second-order valence-electron chi connectivity index (χ2n) is 6.21. The summed E-state index contributed by atoms with van der Waals surface area (Å²) in [7, 11) is 0. The van der Waals surface area contributed by atoms with Crippen molar-refractivity contribution in [2.45, 2.75) is 45.6 Å². The average molecular weight is 342 g/mol. The number of carbonyl (C=O) groups is 1. The van der Waals surface area contributed by atoms with Crippen molar-refractivity contribution >= 4 is 5.91 Å². The van der Waals surface area contributed by atoms with Crippen LogP contribution >= 0.6 is 0 Å². The number of rotatable bonds is 6. The standard InChI is InChI=1S/C18H22N4O3/c1-13-20-17(25-21-13)15-8-5-11-22(18(15)24)12-16(23)19-10-9-14-6-3-2-4-7-14/h5-6,8,11H,2-4,7,9-10,12H2,1H3,(H,19,23). The van der Waals surface area contributed by atoms with Crippen molar-refractivity contribution in [3.63, 3.8) is 0 Å². The van der Waals surface area contributed by atoms with E-state index in [1.54, 1.807) is 25.3 Å². The Balaban J connectivity index is 1.59. The van der Waals surface area contributed by atoms with E-state index in [9.17, 15) is 9.59 Å². The number of aryl methyl sites for hydroxylation is 1. The first-order valence-corrected chi connectivity index (χ1v) is 8.58. The zero-order chi connectivity index (χ0) is 17.6. The first kappa shape index (κ1) is 17.1. The van der Waals surface area contributed by atoms with Gasteiger partial charge < -0.3 is 14.4 Å². The van der Waals surface area contributed by atoms with Crippen LogP contribution in [0.15, 0.2) is 39.3 Å². The van der Waals surface area contributed by atoms with E-state index in [0.717, 1.165) is 19.3 Å². The molecule has 2 aromatic rings. The second-order valence-corrected chi connectivity index (χ2v) is 6.21. The molecule has 132 valence electrons. The average Bonchev–Trinajstić information content (AvgIpc) is 3.04. The fourth-order valence-electron chi connectivity index (χ4n) is 2.94. The Morgan fingerprint density at radius 2 is 2.28 bits per heavy atom. The number of pyridine rings is 1. The van der Waals surface area contributed by atoms with Crippen molar-refractivity contribution in [1.82, 2.24) is 20.0 Å². The molecule has 1 aliphatic carbocycles. The van der Waals surface area contributed by atoms with Crippen LogP contribution in [0.1, 0.15) is 37.9 Å². The van der Waals surface area contributed by atoms with Crippen LogP contribution < -0.4 is 10.9 Å². The van der Waals surface area contributed by atoms with Crippen LogP contribution in [-0.2, 0) is 11.3 Å². The Morgan fingerprint density at radius 3 is 3.00 bits per heavy atom. The molecule has 0 unspecified atom stereocenters. The van der Waals surface area contributed by atoms with Crippen molar-refractivity contribution in [2.75, 3.05) is 6.54 Å². The molecule has 0 radical (unpaired) electrons. The van der Waals surface area contributed by atoms with E-state index in [1.807, 2.05) is 0 Å². The number of allylic oxidation sites excluding steroid dienone is 1. The highest BCUT2D eigenvalue weighted by molar-refractivity contribution is 5.75. The summed E-state index contributed by atoms with van der Waals surface area (Å²) >= 11 is 0. The highest BCUT2D eigenvalue weighted by Crippen LogP contribution is 2.19. The highest BCUT2D eigenvalue weighted by Gasteiger charge is 2.13. The van der Waals surface area contributed by atoms with E-state index in [-0.39, 0.29) is 23.9 Å². The monoisotopic (exact) mass is 342 g/mol. The lowest BCUT2D eigenvalue weighted by molar-refractivity contribution is -0.121. The predicted octanol–water partition coefficient (Wildman–Crippen LogP) is 2.21. The highest BCUT2D eigenvalue weighted by atomic mass is 16.5. The number of nitrogens with one attached hydrogen (secondary N) is 1. The Labute approximate surface area is 145 Å². The summed E-state index contributed by atoms with van der Waals surface area (Å²) in [6.45, 7) is 2.25. The maximum Gasteiger partial charge on any atom is 0.263 e. The lowest BCUT2D eigenvalue weighted by Gasteiger charge is -2.13. The summed E-state index contributed by atoms with van der Waals surface area (Å²) in [6, 6.07) is 3.30. The molecular weight excluding hydrogens is 320 g/mol. The van der Waals surface area contributed by atoms with Crippen molar-refractivity contribution in [2.24, 2.45) is 0 Å². The van der Waals surface area contributed by atoms with Crippen LogP contribution in [0.2, 0.25) is 0 Å². The normalized spacial score (nSPS) is 14.2. The molecule has 2 heterocycles. The summed E-state index contributed by atoms with van der Waals surface area (Å²) in [4.78, 5) is 28.7. The molecule has 0 atom stereocenters. The molecule has 3 rings (SSSR count). The van der Waals surface area contributed by atoms with Crippen LogP contribution in [0.4, 0.5) is 0 Å². The summed E-state index contributed by atoms with van der Waals surface area (Å²) < 4.78 is 6.39. The van der Waals surface area contributed by atoms with Gasteiger partial charge in [0.25, 0.3) is 11.4 Å². The largest absolute Gasteiger partial charge is 0.354 e. The third-order valence-corrected chi connectivity index (χ3v) is 4.25. The van der Waals surface area contributed by atoms with E-state index in [1.165, 1.54) is 23.0 Å². The van der Waals surface area contributed by atoms with Gasteiger partial charge in [-0.2, -0.15) is 4.98 Å². The molecule has 0 aliphatic heterocycles. The molecule has 1 aliphatic rings. The number of hydrogen-bond acceptors (Lipinski definition) is 5. The summed E-state index contributed by atoms with van der Waals surface area (Å²) in [6.07, 6.45) is 9.49. The SMILES string of the molecule is Cc1noc(-c2cccn(CC(=O)NCCC3=CCCCC3)c2=O)n1. The van der Waals surface area contributed by atoms with E-state index >= 15 is 0 Å². The van der Waals surface area contributed by atoms with Crippen LogP contribution in [0.5, 0.6) is 0 Å². The van der Waals surface area contributed by atoms with E-state index in [4.69, 9.17) is 4.52 Å². The lowest BCUT2D eigenvalue weighted by atomic mass is 9.97. The first-order chi connectivity index (χ1) is 12.1. The third kappa shape index (κ3) is 4.43. The quantitative estimate of drug-likeness (QED) is 0.813. The molecule has 0 saturated carbocycles. The van der Waals surface area contributed by atoms with Gasteiger partial charge >= 0.3 is 0 Å². The zero-order valence-corrected chi connectivity index (χ0v) is 14.3. The van der Waals surface area contributed by atoms with Gasteiger partial charge in [0.05, 0.1) is 0 Å². The van der Waals surface area contributed by atoms with Crippen LogP contribution in [0.3, 0.4) is 0 Å². The topological polar surface area (TPSA) is 90.0 Å². The van der Waals surface area contributed by atoms with E-state index in [2.05, 4.69) is 21.5 Å². The third-order valence-electron chi connectivity index (χ3n) is 4.25. The minimum Gasteiger partial charge on any atom is -0.354 e. The maximum atomic E-state index is 12.5. The van der Waals surface area contributed by atoms with Gasteiger partial charge in [-0.25, -0.2) is 0 Å². The van der Waals surface area contributed by atoms with Crippen LogP contribution in [0, 0.1) is 6.92 Å². The van der Waals surface area contributed by atoms with Crippen molar-refractivity contribution in [3.05, 3.63) is 46.2 Å². The number of carbonyl (C=O) groups excluding carboxylic acids is 1. The van der Waals surface area contributed by atoms with Gasteiger partial charge in [-0.1, -0.05) is 16.8 Å². The smallest absolute Gasteiger partial charge is 0.263 e. The van der Waals surface area contributed by atoms with Crippen molar-refractivity contribution in [1.29, 1.82) is 0 Å². The van der Waals surface area contributed by atoms with Crippen LogP contribution in [-0.4, -0.2) is 27.2 Å². The summed E-state index contributed by atoms with van der Waals surface area (Å²) in [5.74, 6) is 0.443. The maximum absolute atomic E-state index is 12.5. The molecule has 2 aromatic heterocycles. The van der Waals surface area contributed by atoms with Crippen molar-refractivity contribution in [3.8, 4) is 11.5 Å². The number of amides is 1.